The van der Waals surface area contributed by atoms with Crippen LogP contribution in [0.3, 0.4) is 0 Å². The fraction of sp³-hybridized carbons (Fsp3) is 0.474. The summed E-state index contributed by atoms with van der Waals surface area (Å²) in [6.45, 7) is 10.00. The SMILES string of the molecule is Cc1ccc(Nc2nc(N3CC(C)CC(C)C3)nc(N)c2[N+](=O)[O-])cc1C. The Labute approximate surface area is 159 Å². The van der Waals surface area contributed by atoms with E-state index >= 15 is 0 Å². The molecule has 2 heterocycles. The first-order valence-electron chi connectivity index (χ1n) is 9.15. The average molecular weight is 370 g/mol. The lowest BCUT2D eigenvalue weighted by atomic mass is 9.92. The van der Waals surface area contributed by atoms with Crippen molar-refractivity contribution in [3.8, 4) is 0 Å². The summed E-state index contributed by atoms with van der Waals surface area (Å²) in [6, 6.07) is 5.76. The lowest BCUT2D eigenvalue weighted by Gasteiger charge is -2.35. The molecule has 144 valence electrons. The van der Waals surface area contributed by atoms with Crippen LogP contribution >= 0.6 is 0 Å². The number of anilines is 4. The van der Waals surface area contributed by atoms with Gasteiger partial charge in [0.2, 0.25) is 17.6 Å². The molecule has 1 aliphatic rings. The van der Waals surface area contributed by atoms with Crippen molar-refractivity contribution < 1.29 is 4.92 Å². The van der Waals surface area contributed by atoms with Crippen molar-refractivity contribution in [2.75, 3.05) is 29.0 Å². The second-order valence-electron chi connectivity index (χ2n) is 7.64. The molecule has 0 aliphatic carbocycles. The quantitative estimate of drug-likeness (QED) is 0.622. The second-order valence-corrected chi connectivity index (χ2v) is 7.64. The van der Waals surface area contributed by atoms with Crippen LogP contribution in [0.4, 0.5) is 29.0 Å². The summed E-state index contributed by atoms with van der Waals surface area (Å²) in [5, 5.41) is 14.6. The summed E-state index contributed by atoms with van der Waals surface area (Å²) in [7, 11) is 0. The Balaban J connectivity index is 2.01. The standard InChI is InChI=1S/C19H26N6O2/c1-11-7-12(2)10-24(9-11)19-22-17(20)16(25(26)27)18(23-19)21-15-6-5-13(3)14(4)8-15/h5-6,8,11-12H,7,9-10H2,1-4H3,(H3,20,21,22,23). The molecule has 3 N–H and O–H groups in total. The monoisotopic (exact) mass is 370 g/mol. The van der Waals surface area contributed by atoms with Crippen molar-refractivity contribution in [3.05, 3.63) is 39.4 Å². The van der Waals surface area contributed by atoms with Gasteiger partial charge in [-0.25, -0.2) is 0 Å². The number of nitrogens with one attached hydrogen (secondary N) is 1. The summed E-state index contributed by atoms with van der Waals surface area (Å²) in [6.07, 6.45) is 1.15. The number of nitro groups is 1. The predicted molar refractivity (Wildman–Crippen MR) is 107 cm³/mol. The Morgan fingerprint density at radius 2 is 1.85 bits per heavy atom. The van der Waals surface area contributed by atoms with E-state index in [0.29, 0.717) is 17.8 Å². The number of benzene rings is 1. The third-order valence-electron chi connectivity index (χ3n) is 5.00. The van der Waals surface area contributed by atoms with E-state index in [4.69, 9.17) is 5.73 Å². The van der Waals surface area contributed by atoms with E-state index in [1.54, 1.807) is 0 Å². The first-order valence-corrected chi connectivity index (χ1v) is 9.15. The number of hydrogen-bond acceptors (Lipinski definition) is 7. The molecule has 1 aliphatic heterocycles. The molecule has 0 saturated carbocycles. The van der Waals surface area contributed by atoms with Gasteiger partial charge in [0.25, 0.3) is 0 Å². The van der Waals surface area contributed by atoms with E-state index in [1.807, 2.05) is 32.0 Å². The van der Waals surface area contributed by atoms with Crippen molar-refractivity contribution in [2.45, 2.75) is 34.1 Å². The number of aromatic nitrogens is 2. The van der Waals surface area contributed by atoms with E-state index in [-0.39, 0.29) is 17.3 Å². The molecule has 8 nitrogen and oxygen atoms in total. The van der Waals surface area contributed by atoms with Crippen molar-refractivity contribution in [1.29, 1.82) is 0 Å². The zero-order chi connectivity index (χ0) is 19.7. The van der Waals surface area contributed by atoms with Crippen molar-refractivity contribution >= 4 is 29.0 Å². The van der Waals surface area contributed by atoms with E-state index in [1.165, 1.54) is 0 Å². The second kappa shape index (κ2) is 7.38. The third-order valence-corrected chi connectivity index (χ3v) is 5.00. The Hall–Kier alpha value is -2.90. The van der Waals surface area contributed by atoms with E-state index in [9.17, 15) is 10.1 Å². The highest BCUT2D eigenvalue weighted by atomic mass is 16.6. The number of piperidine rings is 1. The molecule has 2 unspecified atom stereocenters. The Kier molecular flexibility index (Phi) is 5.16. The van der Waals surface area contributed by atoms with Crippen LogP contribution in [0.15, 0.2) is 18.2 Å². The maximum Gasteiger partial charge on any atom is 0.353 e. The molecule has 0 amide bonds. The largest absolute Gasteiger partial charge is 0.378 e. The molecule has 0 radical (unpaired) electrons. The summed E-state index contributed by atoms with van der Waals surface area (Å²) < 4.78 is 0. The van der Waals surface area contributed by atoms with Crippen molar-refractivity contribution in [1.82, 2.24) is 9.97 Å². The van der Waals surface area contributed by atoms with Crippen molar-refractivity contribution in [2.24, 2.45) is 11.8 Å². The van der Waals surface area contributed by atoms with Crippen LogP contribution in [0.5, 0.6) is 0 Å². The van der Waals surface area contributed by atoms with Gasteiger partial charge in [0.05, 0.1) is 4.92 Å². The van der Waals surface area contributed by atoms with Gasteiger partial charge in [-0.1, -0.05) is 19.9 Å². The van der Waals surface area contributed by atoms with Gasteiger partial charge in [-0.05, 0) is 55.4 Å². The zero-order valence-electron chi connectivity index (χ0n) is 16.2. The summed E-state index contributed by atoms with van der Waals surface area (Å²) in [5.74, 6) is 1.44. The smallest absolute Gasteiger partial charge is 0.353 e. The fourth-order valence-corrected chi connectivity index (χ4v) is 3.65. The molecular weight excluding hydrogens is 344 g/mol. The summed E-state index contributed by atoms with van der Waals surface area (Å²) in [5.41, 5.74) is 8.61. The number of aryl methyl sites for hydroxylation is 2. The van der Waals surface area contributed by atoms with Gasteiger partial charge in [0, 0.05) is 18.8 Å². The maximum absolute atomic E-state index is 11.5. The van der Waals surface area contributed by atoms with Crippen LogP contribution in [0.2, 0.25) is 0 Å². The first-order chi connectivity index (χ1) is 12.7. The molecule has 1 saturated heterocycles. The summed E-state index contributed by atoms with van der Waals surface area (Å²) >= 11 is 0. The van der Waals surface area contributed by atoms with Gasteiger partial charge in [-0.15, -0.1) is 0 Å². The lowest BCUT2D eigenvalue weighted by molar-refractivity contribution is -0.383. The Bertz CT molecular complexity index is 860. The number of nitrogen functional groups attached to an aromatic ring is 1. The van der Waals surface area contributed by atoms with Crippen LogP contribution in [0, 0.1) is 35.8 Å². The van der Waals surface area contributed by atoms with Crippen LogP contribution in [-0.2, 0) is 0 Å². The predicted octanol–water partition coefficient (Wildman–Crippen LogP) is 3.81. The first kappa shape index (κ1) is 18.9. The fourth-order valence-electron chi connectivity index (χ4n) is 3.65. The van der Waals surface area contributed by atoms with Crippen LogP contribution in [-0.4, -0.2) is 28.0 Å². The molecule has 0 spiro atoms. The highest BCUT2D eigenvalue weighted by molar-refractivity contribution is 5.74. The van der Waals surface area contributed by atoms with Gasteiger partial charge in [-0.2, -0.15) is 9.97 Å². The molecule has 8 heteroatoms. The van der Waals surface area contributed by atoms with Gasteiger partial charge in [0.1, 0.15) is 0 Å². The minimum absolute atomic E-state index is 0.122. The average Bonchev–Trinajstić information content (AvgIpc) is 2.56. The number of rotatable bonds is 4. The minimum atomic E-state index is -0.538. The topological polar surface area (TPSA) is 110 Å². The molecule has 1 aromatic carbocycles. The highest BCUT2D eigenvalue weighted by Crippen LogP contribution is 2.34. The van der Waals surface area contributed by atoms with E-state index in [2.05, 4.69) is 34.0 Å². The Morgan fingerprint density at radius 1 is 1.19 bits per heavy atom. The minimum Gasteiger partial charge on any atom is -0.378 e. The molecule has 27 heavy (non-hydrogen) atoms. The number of nitrogens with two attached hydrogens (primary N) is 1. The lowest BCUT2D eigenvalue weighted by Crippen LogP contribution is -2.39. The van der Waals surface area contributed by atoms with Gasteiger partial charge >= 0.3 is 5.69 Å². The molecule has 1 fully saturated rings. The number of hydrogen-bond donors (Lipinski definition) is 2. The molecule has 0 bridgehead atoms. The van der Waals surface area contributed by atoms with E-state index in [0.717, 1.165) is 36.3 Å². The van der Waals surface area contributed by atoms with Crippen LogP contribution < -0.4 is 16.0 Å². The van der Waals surface area contributed by atoms with Gasteiger partial charge in [0.15, 0.2) is 0 Å². The molecule has 2 aromatic rings. The maximum atomic E-state index is 11.5. The van der Waals surface area contributed by atoms with Crippen LogP contribution in [0.1, 0.15) is 31.4 Å². The normalized spacial score (nSPS) is 19.8. The molecule has 1 aromatic heterocycles. The Morgan fingerprint density at radius 3 is 2.44 bits per heavy atom. The molecular formula is C19H26N6O2. The summed E-state index contributed by atoms with van der Waals surface area (Å²) in [4.78, 5) is 21.8. The zero-order valence-corrected chi connectivity index (χ0v) is 16.2. The third kappa shape index (κ3) is 4.10. The van der Waals surface area contributed by atoms with Crippen LogP contribution in [0.25, 0.3) is 0 Å². The van der Waals surface area contributed by atoms with Gasteiger partial charge in [-0.3, -0.25) is 10.1 Å². The van der Waals surface area contributed by atoms with E-state index < -0.39 is 4.92 Å². The van der Waals surface area contributed by atoms with Gasteiger partial charge < -0.3 is 16.0 Å². The van der Waals surface area contributed by atoms with Crippen molar-refractivity contribution in [3.63, 3.8) is 0 Å². The molecule has 2 atom stereocenters. The highest BCUT2D eigenvalue weighted by Gasteiger charge is 2.28. The molecule has 3 rings (SSSR count). The number of nitrogens with zero attached hydrogens (tertiary/aromatic N) is 4.